The monoisotopic (exact) mass is 462 g/mol. The maximum absolute atomic E-state index is 12.7. The summed E-state index contributed by atoms with van der Waals surface area (Å²) in [6.07, 6.45) is 4.15. The first kappa shape index (κ1) is 23.6. The third-order valence-corrected chi connectivity index (χ3v) is 6.39. The molecule has 178 valence electrons. The molecule has 0 spiro atoms. The van der Waals surface area contributed by atoms with Gasteiger partial charge in [-0.05, 0) is 56.7 Å². The number of aromatic nitrogens is 4. The Bertz CT molecular complexity index is 1160. The first-order valence-electron chi connectivity index (χ1n) is 11.7. The fraction of sp³-hybridized carbons (Fsp3) is 0.423. The van der Waals surface area contributed by atoms with Gasteiger partial charge < -0.3 is 9.84 Å². The van der Waals surface area contributed by atoms with Gasteiger partial charge in [0.2, 0.25) is 0 Å². The van der Waals surface area contributed by atoms with Gasteiger partial charge in [0.1, 0.15) is 17.2 Å². The lowest BCUT2D eigenvalue weighted by atomic mass is 9.87. The lowest BCUT2D eigenvalue weighted by molar-refractivity contribution is -0.143. The predicted octanol–water partition coefficient (Wildman–Crippen LogP) is 3.95. The highest BCUT2D eigenvalue weighted by molar-refractivity contribution is 5.82. The number of pyridine rings is 1. The lowest BCUT2D eigenvalue weighted by Crippen LogP contribution is -2.29. The van der Waals surface area contributed by atoms with E-state index in [1.54, 1.807) is 11.7 Å². The van der Waals surface area contributed by atoms with Gasteiger partial charge in [-0.2, -0.15) is 0 Å². The molecule has 2 atom stereocenters. The Balaban J connectivity index is 1.44. The van der Waals surface area contributed by atoms with E-state index < -0.39 is 5.97 Å². The number of carbonyl (C=O) groups is 2. The summed E-state index contributed by atoms with van der Waals surface area (Å²) >= 11 is 0. The molecule has 1 saturated carbocycles. The molecule has 2 heterocycles. The number of ether oxygens (including phenoxy) is 1. The first-order chi connectivity index (χ1) is 16.4. The number of Topliss-reactive ketones (excluding diaryl/α,β-unsaturated/α-hetero) is 1. The Morgan fingerprint density at radius 2 is 1.94 bits per heavy atom. The first-order valence-corrected chi connectivity index (χ1v) is 11.7. The van der Waals surface area contributed by atoms with E-state index in [0.717, 1.165) is 24.1 Å². The van der Waals surface area contributed by atoms with Crippen molar-refractivity contribution < 1.29 is 19.4 Å². The van der Waals surface area contributed by atoms with E-state index in [-0.39, 0.29) is 24.2 Å². The number of carboxylic acid groups (broad SMARTS) is 1. The normalized spacial score (nSPS) is 17.9. The summed E-state index contributed by atoms with van der Waals surface area (Å²) in [7, 11) is 1.78. The number of benzene rings is 1. The van der Waals surface area contributed by atoms with Gasteiger partial charge in [-0.25, -0.2) is 4.98 Å². The van der Waals surface area contributed by atoms with Crippen molar-refractivity contribution in [2.45, 2.75) is 58.0 Å². The molecule has 1 aliphatic carbocycles. The summed E-state index contributed by atoms with van der Waals surface area (Å²) in [5.74, 6) is -0.346. The molecule has 8 heteroatoms. The number of aryl methyl sites for hydroxylation is 3. The number of carbonyl (C=O) groups excluding carboxylic acids is 1. The van der Waals surface area contributed by atoms with Crippen LogP contribution in [0.1, 0.15) is 49.1 Å². The fourth-order valence-electron chi connectivity index (χ4n) is 4.44. The van der Waals surface area contributed by atoms with Gasteiger partial charge in [-0.3, -0.25) is 14.3 Å². The highest BCUT2D eigenvalue weighted by atomic mass is 16.5. The summed E-state index contributed by atoms with van der Waals surface area (Å²) in [6, 6.07) is 13.6. The summed E-state index contributed by atoms with van der Waals surface area (Å²) in [5.41, 5.74) is 3.79. The van der Waals surface area contributed by atoms with Crippen LogP contribution in [0.5, 0.6) is 5.75 Å². The number of rotatable bonds is 9. The number of carboxylic acids is 1. The molecular formula is C26H30N4O4. The van der Waals surface area contributed by atoms with Crippen molar-refractivity contribution in [3.63, 3.8) is 0 Å². The molecule has 1 aromatic carbocycles. The fourth-order valence-corrected chi connectivity index (χ4v) is 4.44. The molecule has 0 aliphatic heterocycles. The molecule has 1 N–H and O–H groups in total. The topological polar surface area (TPSA) is 107 Å². The Hall–Kier alpha value is -3.55. The van der Waals surface area contributed by atoms with Crippen molar-refractivity contribution in [3.8, 4) is 17.1 Å². The summed E-state index contributed by atoms with van der Waals surface area (Å²) in [5, 5.41) is 17.7. The van der Waals surface area contributed by atoms with Gasteiger partial charge in [0, 0.05) is 13.5 Å². The van der Waals surface area contributed by atoms with Gasteiger partial charge in [-0.15, -0.1) is 5.10 Å². The zero-order chi connectivity index (χ0) is 24.1. The predicted molar refractivity (Wildman–Crippen MR) is 126 cm³/mol. The number of hydrogen-bond donors (Lipinski definition) is 1. The Labute approximate surface area is 199 Å². The zero-order valence-electron chi connectivity index (χ0n) is 19.6. The maximum atomic E-state index is 12.7. The van der Waals surface area contributed by atoms with Gasteiger partial charge >= 0.3 is 5.97 Å². The number of aliphatic carboxylic acids is 1. The molecular weight excluding hydrogens is 432 g/mol. The number of hydrogen-bond acceptors (Lipinski definition) is 6. The van der Waals surface area contributed by atoms with Crippen LogP contribution < -0.4 is 4.74 Å². The average molecular weight is 463 g/mol. The molecule has 0 bridgehead atoms. The van der Waals surface area contributed by atoms with Crippen LogP contribution in [-0.2, 0) is 29.5 Å². The number of nitrogens with zero attached hydrogens (tertiary/aromatic N) is 4. The molecule has 8 nitrogen and oxygen atoms in total. The van der Waals surface area contributed by atoms with Crippen LogP contribution in [0.4, 0.5) is 0 Å². The van der Waals surface area contributed by atoms with Crippen LogP contribution in [0.25, 0.3) is 11.4 Å². The molecule has 0 saturated heterocycles. The van der Waals surface area contributed by atoms with Crippen molar-refractivity contribution >= 4 is 11.8 Å². The van der Waals surface area contributed by atoms with Crippen molar-refractivity contribution in [1.29, 1.82) is 0 Å². The standard InChI is InChI=1S/C26H30N4O4/c1-17-24(34-21-10-6-9-19(15-21)26(32)33)14-13-22(27-17)25-23(30(2)29-28-25)16-20(31)12-11-18-7-4-3-5-8-18/h3-5,7-8,13-14,19,21H,6,9-12,15-16H2,1-2H3,(H,32,33)/t19-,21-/m0/s1. The van der Waals surface area contributed by atoms with Crippen LogP contribution in [0.2, 0.25) is 0 Å². The lowest BCUT2D eigenvalue weighted by Gasteiger charge is -2.27. The average Bonchev–Trinajstić information content (AvgIpc) is 3.19. The zero-order valence-corrected chi connectivity index (χ0v) is 19.6. The Kier molecular flexibility index (Phi) is 7.35. The van der Waals surface area contributed by atoms with Crippen molar-refractivity contribution in [2.24, 2.45) is 13.0 Å². The van der Waals surface area contributed by atoms with E-state index in [9.17, 15) is 14.7 Å². The van der Waals surface area contributed by atoms with Crippen molar-refractivity contribution in [2.75, 3.05) is 0 Å². The second-order valence-corrected chi connectivity index (χ2v) is 8.93. The van der Waals surface area contributed by atoms with E-state index in [0.29, 0.717) is 48.5 Å². The van der Waals surface area contributed by atoms with Crippen LogP contribution >= 0.6 is 0 Å². The Morgan fingerprint density at radius 1 is 1.15 bits per heavy atom. The molecule has 0 amide bonds. The minimum Gasteiger partial charge on any atom is -0.489 e. The molecule has 34 heavy (non-hydrogen) atoms. The molecule has 3 aromatic rings. The van der Waals surface area contributed by atoms with Crippen LogP contribution in [0.15, 0.2) is 42.5 Å². The smallest absolute Gasteiger partial charge is 0.306 e. The Morgan fingerprint density at radius 3 is 2.68 bits per heavy atom. The third kappa shape index (κ3) is 5.68. The second kappa shape index (κ2) is 10.6. The molecule has 2 aromatic heterocycles. The third-order valence-electron chi connectivity index (χ3n) is 6.39. The molecule has 0 radical (unpaired) electrons. The van der Waals surface area contributed by atoms with Crippen molar-refractivity contribution in [3.05, 3.63) is 59.4 Å². The largest absolute Gasteiger partial charge is 0.489 e. The van der Waals surface area contributed by atoms with Gasteiger partial charge in [0.05, 0.1) is 35.5 Å². The van der Waals surface area contributed by atoms with E-state index in [1.807, 2.05) is 49.4 Å². The minimum absolute atomic E-state index is 0.123. The van der Waals surface area contributed by atoms with E-state index in [2.05, 4.69) is 15.3 Å². The van der Waals surface area contributed by atoms with E-state index >= 15 is 0 Å². The summed E-state index contributed by atoms with van der Waals surface area (Å²) in [6.45, 7) is 1.86. The van der Waals surface area contributed by atoms with Gasteiger partial charge in [0.25, 0.3) is 0 Å². The molecule has 4 rings (SSSR count). The van der Waals surface area contributed by atoms with Gasteiger partial charge in [0.15, 0.2) is 0 Å². The van der Waals surface area contributed by atoms with Gasteiger partial charge in [-0.1, -0.05) is 35.5 Å². The van der Waals surface area contributed by atoms with Crippen LogP contribution in [-0.4, -0.2) is 42.9 Å². The maximum Gasteiger partial charge on any atom is 0.306 e. The summed E-state index contributed by atoms with van der Waals surface area (Å²) in [4.78, 5) is 28.7. The van der Waals surface area contributed by atoms with E-state index in [4.69, 9.17) is 4.74 Å². The SMILES string of the molecule is Cc1nc(-c2nnn(C)c2CC(=O)CCc2ccccc2)ccc1O[C@H]1CCC[C@H](C(=O)O)C1. The summed E-state index contributed by atoms with van der Waals surface area (Å²) < 4.78 is 7.74. The van der Waals surface area contributed by atoms with Crippen LogP contribution in [0, 0.1) is 12.8 Å². The molecule has 1 aliphatic rings. The molecule has 1 fully saturated rings. The number of ketones is 1. The van der Waals surface area contributed by atoms with Crippen LogP contribution in [0.3, 0.4) is 0 Å². The van der Waals surface area contributed by atoms with Crippen molar-refractivity contribution in [1.82, 2.24) is 20.0 Å². The molecule has 0 unspecified atom stereocenters. The quantitative estimate of drug-likeness (QED) is 0.513. The highest BCUT2D eigenvalue weighted by Crippen LogP contribution is 2.30. The highest BCUT2D eigenvalue weighted by Gasteiger charge is 2.28. The second-order valence-electron chi connectivity index (χ2n) is 8.93. The minimum atomic E-state index is -0.757. The van der Waals surface area contributed by atoms with E-state index in [1.165, 1.54) is 0 Å².